The first-order valence-corrected chi connectivity index (χ1v) is 6.38. The number of hydrogen-bond acceptors (Lipinski definition) is 3. The lowest BCUT2D eigenvalue weighted by Crippen LogP contribution is -2.38. The van der Waals surface area contributed by atoms with Gasteiger partial charge in [0.2, 0.25) is 0 Å². The molecule has 0 unspecified atom stereocenters. The molecule has 0 aromatic heterocycles. The molecule has 17 heavy (non-hydrogen) atoms. The van der Waals surface area contributed by atoms with Crippen LogP contribution in [0.1, 0.15) is 18.4 Å². The third-order valence-electron chi connectivity index (χ3n) is 3.57. The standard InChI is InChI=1S/C14H21NO2/c16-11-13-14(17)8-10-15(13)9-4-7-12-5-2-1-3-6-12/h1-3,5-6,13-14,16-17H,4,7-11H2/t13-,14+/m0/s1. The summed E-state index contributed by atoms with van der Waals surface area (Å²) in [7, 11) is 0. The molecule has 1 aromatic carbocycles. The van der Waals surface area contributed by atoms with Crippen molar-refractivity contribution in [3.63, 3.8) is 0 Å². The zero-order valence-electron chi connectivity index (χ0n) is 10.1. The average molecular weight is 235 g/mol. The van der Waals surface area contributed by atoms with Crippen LogP contribution in [0.3, 0.4) is 0 Å². The molecule has 2 rings (SSSR count). The maximum Gasteiger partial charge on any atom is 0.0729 e. The molecule has 2 N–H and O–H groups in total. The number of hydrogen-bond donors (Lipinski definition) is 2. The van der Waals surface area contributed by atoms with E-state index in [9.17, 15) is 10.2 Å². The molecule has 0 aliphatic carbocycles. The van der Waals surface area contributed by atoms with Crippen molar-refractivity contribution in [1.29, 1.82) is 0 Å². The van der Waals surface area contributed by atoms with Gasteiger partial charge in [0.05, 0.1) is 18.8 Å². The van der Waals surface area contributed by atoms with Crippen molar-refractivity contribution in [3.05, 3.63) is 35.9 Å². The van der Waals surface area contributed by atoms with E-state index in [1.165, 1.54) is 5.56 Å². The van der Waals surface area contributed by atoms with Gasteiger partial charge in [0.25, 0.3) is 0 Å². The quantitative estimate of drug-likeness (QED) is 0.801. The van der Waals surface area contributed by atoms with Gasteiger partial charge in [0, 0.05) is 6.54 Å². The predicted octanol–water partition coefficient (Wildman–Crippen LogP) is 1.05. The zero-order chi connectivity index (χ0) is 12.1. The maximum absolute atomic E-state index is 9.67. The summed E-state index contributed by atoms with van der Waals surface area (Å²) in [6, 6.07) is 10.4. The molecule has 1 saturated heterocycles. The third kappa shape index (κ3) is 3.28. The molecule has 1 aliphatic rings. The Labute approximate surface area is 103 Å². The molecule has 0 radical (unpaired) electrons. The molecule has 0 amide bonds. The van der Waals surface area contributed by atoms with Crippen molar-refractivity contribution in [3.8, 4) is 0 Å². The molecule has 2 atom stereocenters. The molecule has 0 bridgehead atoms. The lowest BCUT2D eigenvalue weighted by molar-refractivity contribution is 0.0710. The second kappa shape index (κ2) is 6.15. The van der Waals surface area contributed by atoms with Crippen LogP contribution < -0.4 is 0 Å². The van der Waals surface area contributed by atoms with Gasteiger partial charge in [-0.1, -0.05) is 30.3 Å². The van der Waals surface area contributed by atoms with E-state index in [0.29, 0.717) is 0 Å². The Hall–Kier alpha value is -0.900. The Kier molecular flexibility index (Phi) is 4.54. The predicted molar refractivity (Wildman–Crippen MR) is 67.8 cm³/mol. The van der Waals surface area contributed by atoms with Crippen LogP contribution in [-0.4, -0.2) is 47.0 Å². The average Bonchev–Trinajstić information content (AvgIpc) is 2.71. The molecular weight excluding hydrogens is 214 g/mol. The van der Waals surface area contributed by atoms with Crippen LogP contribution >= 0.6 is 0 Å². The van der Waals surface area contributed by atoms with Crippen LogP contribution in [0.2, 0.25) is 0 Å². The van der Waals surface area contributed by atoms with Crippen LogP contribution in [0, 0.1) is 0 Å². The highest BCUT2D eigenvalue weighted by Crippen LogP contribution is 2.18. The molecule has 0 spiro atoms. The minimum atomic E-state index is -0.350. The number of aryl methyl sites for hydroxylation is 1. The monoisotopic (exact) mass is 235 g/mol. The van der Waals surface area contributed by atoms with Crippen LogP contribution in [0.4, 0.5) is 0 Å². The first-order valence-electron chi connectivity index (χ1n) is 6.38. The van der Waals surface area contributed by atoms with Crippen molar-refractivity contribution in [2.75, 3.05) is 19.7 Å². The highest BCUT2D eigenvalue weighted by Gasteiger charge is 2.31. The fourth-order valence-electron chi connectivity index (χ4n) is 2.55. The van der Waals surface area contributed by atoms with E-state index < -0.39 is 0 Å². The van der Waals surface area contributed by atoms with Crippen molar-refractivity contribution >= 4 is 0 Å². The lowest BCUT2D eigenvalue weighted by atomic mass is 10.1. The summed E-state index contributed by atoms with van der Waals surface area (Å²) in [5.74, 6) is 0. The minimum absolute atomic E-state index is 0.0502. The lowest BCUT2D eigenvalue weighted by Gasteiger charge is -2.24. The number of aliphatic hydroxyl groups excluding tert-OH is 2. The molecule has 1 aromatic rings. The van der Waals surface area contributed by atoms with E-state index >= 15 is 0 Å². The zero-order valence-corrected chi connectivity index (χ0v) is 10.1. The molecule has 94 valence electrons. The molecule has 0 saturated carbocycles. The van der Waals surface area contributed by atoms with Crippen LogP contribution in [0.25, 0.3) is 0 Å². The third-order valence-corrected chi connectivity index (χ3v) is 3.57. The first kappa shape index (κ1) is 12.6. The highest BCUT2D eigenvalue weighted by atomic mass is 16.3. The molecule has 1 fully saturated rings. The summed E-state index contributed by atoms with van der Waals surface area (Å²) in [5, 5.41) is 18.9. The SMILES string of the molecule is OC[C@H]1[C@H](O)CCN1CCCc1ccccc1. The van der Waals surface area contributed by atoms with Gasteiger partial charge in [0.1, 0.15) is 0 Å². The van der Waals surface area contributed by atoms with E-state index in [1.807, 2.05) is 6.07 Å². The number of aliphatic hydroxyl groups is 2. The van der Waals surface area contributed by atoms with Gasteiger partial charge < -0.3 is 10.2 Å². The highest BCUT2D eigenvalue weighted by molar-refractivity contribution is 5.14. The van der Waals surface area contributed by atoms with Crippen molar-refractivity contribution in [2.24, 2.45) is 0 Å². The summed E-state index contributed by atoms with van der Waals surface area (Å²) in [5.41, 5.74) is 1.35. The topological polar surface area (TPSA) is 43.7 Å². The number of benzene rings is 1. The van der Waals surface area contributed by atoms with E-state index in [4.69, 9.17) is 0 Å². The number of likely N-dealkylation sites (tertiary alicyclic amines) is 1. The Morgan fingerprint density at radius 3 is 2.71 bits per heavy atom. The summed E-state index contributed by atoms with van der Waals surface area (Å²) in [6.45, 7) is 1.92. The molecular formula is C14H21NO2. The Balaban J connectivity index is 1.75. The molecule has 1 aliphatic heterocycles. The van der Waals surface area contributed by atoms with Gasteiger partial charge in [-0.3, -0.25) is 4.90 Å². The van der Waals surface area contributed by atoms with E-state index in [1.54, 1.807) is 0 Å². The smallest absolute Gasteiger partial charge is 0.0729 e. The largest absolute Gasteiger partial charge is 0.395 e. The molecule has 3 nitrogen and oxygen atoms in total. The Bertz CT molecular complexity index is 328. The summed E-state index contributed by atoms with van der Waals surface area (Å²) < 4.78 is 0. The van der Waals surface area contributed by atoms with Crippen molar-refractivity contribution in [1.82, 2.24) is 4.90 Å². The van der Waals surface area contributed by atoms with Crippen molar-refractivity contribution in [2.45, 2.75) is 31.4 Å². The van der Waals surface area contributed by atoms with Gasteiger partial charge in [-0.05, 0) is 31.4 Å². The summed E-state index contributed by atoms with van der Waals surface area (Å²) in [4.78, 5) is 2.20. The van der Waals surface area contributed by atoms with E-state index in [2.05, 4.69) is 29.2 Å². The van der Waals surface area contributed by atoms with Gasteiger partial charge in [0.15, 0.2) is 0 Å². The Morgan fingerprint density at radius 2 is 2.00 bits per heavy atom. The fraction of sp³-hybridized carbons (Fsp3) is 0.571. The maximum atomic E-state index is 9.67. The van der Waals surface area contributed by atoms with E-state index in [0.717, 1.165) is 32.4 Å². The van der Waals surface area contributed by atoms with Gasteiger partial charge in [-0.15, -0.1) is 0 Å². The summed E-state index contributed by atoms with van der Waals surface area (Å²) in [6.07, 6.45) is 2.58. The van der Waals surface area contributed by atoms with Gasteiger partial charge >= 0.3 is 0 Å². The van der Waals surface area contributed by atoms with Crippen LogP contribution in [0.5, 0.6) is 0 Å². The number of rotatable bonds is 5. The fourth-order valence-corrected chi connectivity index (χ4v) is 2.55. The van der Waals surface area contributed by atoms with Crippen molar-refractivity contribution < 1.29 is 10.2 Å². The minimum Gasteiger partial charge on any atom is -0.395 e. The normalized spacial score (nSPS) is 25.3. The van der Waals surface area contributed by atoms with Crippen LogP contribution in [-0.2, 0) is 6.42 Å². The molecule has 3 heteroatoms. The van der Waals surface area contributed by atoms with Gasteiger partial charge in [-0.2, -0.15) is 0 Å². The number of nitrogens with zero attached hydrogens (tertiary/aromatic N) is 1. The van der Waals surface area contributed by atoms with E-state index in [-0.39, 0.29) is 18.8 Å². The van der Waals surface area contributed by atoms with Gasteiger partial charge in [-0.25, -0.2) is 0 Å². The first-order chi connectivity index (χ1) is 8.31. The van der Waals surface area contributed by atoms with Crippen LogP contribution in [0.15, 0.2) is 30.3 Å². The summed E-state index contributed by atoms with van der Waals surface area (Å²) >= 11 is 0. The second-order valence-electron chi connectivity index (χ2n) is 4.73. The second-order valence-corrected chi connectivity index (χ2v) is 4.73. The molecule has 1 heterocycles. The Morgan fingerprint density at radius 1 is 1.24 bits per heavy atom.